The molecular formula is C22H27NO4S. The normalized spacial score (nSPS) is 12.6. The van der Waals surface area contributed by atoms with Crippen molar-refractivity contribution in [2.24, 2.45) is 5.14 Å². The van der Waals surface area contributed by atoms with E-state index in [-0.39, 0.29) is 17.3 Å². The van der Waals surface area contributed by atoms with Crippen LogP contribution in [0.3, 0.4) is 0 Å². The number of nitrogens with two attached hydrogens (primary N) is 1. The summed E-state index contributed by atoms with van der Waals surface area (Å²) >= 11 is 0. The molecule has 0 heterocycles. The standard InChI is InChI=1S/C14H8O2.C8H19NO2S/c15-13-9-5-1-2-6-10(9)14(16)12-8-4-3-7-11(12)13;1-2-3-4-5-6-7-8-12(9,10)11/h1-8H;2-8H2,1H3,(H2,9,10,11). The van der Waals surface area contributed by atoms with Gasteiger partial charge in [0.2, 0.25) is 10.0 Å². The molecule has 0 spiro atoms. The van der Waals surface area contributed by atoms with E-state index >= 15 is 0 Å². The molecule has 0 bridgehead atoms. The van der Waals surface area contributed by atoms with Crippen LogP contribution in [-0.2, 0) is 10.0 Å². The fourth-order valence-corrected chi connectivity index (χ4v) is 3.74. The summed E-state index contributed by atoms with van der Waals surface area (Å²) in [5, 5.41) is 4.85. The molecular weight excluding hydrogens is 374 g/mol. The van der Waals surface area contributed by atoms with Crippen LogP contribution in [0.2, 0.25) is 0 Å². The number of benzene rings is 2. The Bertz CT molecular complexity index is 830. The van der Waals surface area contributed by atoms with Crippen molar-refractivity contribution < 1.29 is 18.0 Å². The van der Waals surface area contributed by atoms with E-state index in [9.17, 15) is 18.0 Å². The van der Waals surface area contributed by atoms with E-state index in [1.807, 2.05) is 0 Å². The summed E-state index contributed by atoms with van der Waals surface area (Å²) in [7, 11) is -3.22. The highest BCUT2D eigenvalue weighted by atomic mass is 32.2. The second-order valence-corrected chi connectivity index (χ2v) is 8.62. The maximum atomic E-state index is 12.1. The van der Waals surface area contributed by atoms with Crippen LogP contribution in [0.4, 0.5) is 0 Å². The first-order chi connectivity index (χ1) is 13.3. The number of hydrogen-bond donors (Lipinski definition) is 1. The van der Waals surface area contributed by atoms with Crippen LogP contribution in [0.5, 0.6) is 0 Å². The van der Waals surface area contributed by atoms with Gasteiger partial charge in [-0.15, -0.1) is 0 Å². The Labute approximate surface area is 167 Å². The second kappa shape index (κ2) is 10.3. The zero-order valence-electron chi connectivity index (χ0n) is 16.2. The molecule has 150 valence electrons. The molecule has 0 saturated carbocycles. The third kappa shape index (κ3) is 6.11. The van der Waals surface area contributed by atoms with E-state index in [2.05, 4.69) is 6.92 Å². The summed E-state index contributed by atoms with van der Waals surface area (Å²) in [6.07, 6.45) is 6.49. The molecule has 0 aromatic heterocycles. The lowest BCUT2D eigenvalue weighted by molar-refractivity contribution is 0.0979. The number of primary sulfonamides is 1. The Kier molecular flexibility index (Phi) is 8.08. The van der Waals surface area contributed by atoms with Gasteiger partial charge >= 0.3 is 0 Å². The van der Waals surface area contributed by atoms with Crippen molar-refractivity contribution in [1.29, 1.82) is 0 Å². The average molecular weight is 402 g/mol. The molecule has 0 fully saturated rings. The number of ketones is 2. The predicted molar refractivity (Wildman–Crippen MR) is 111 cm³/mol. The number of unbranched alkanes of at least 4 members (excludes halogenated alkanes) is 5. The van der Waals surface area contributed by atoms with Gasteiger partial charge in [-0.2, -0.15) is 0 Å². The van der Waals surface area contributed by atoms with Crippen molar-refractivity contribution >= 4 is 21.6 Å². The van der Waals surface area contributed by atoms with E-state index in [1.165, 1.54) is 19.3 Å². The Morgan fingerprint density at radius 2 is 1.04 bits per heavy atom. The van der Waals surface area contributed by atoms with Gasteiger partial charge in [-0.25, -0.2) is 13.6 Å². The van der Waals surface area contributed by atoms with Crippen LogP contribution in [0.25, 0.3) is 0 Å². The molecule has 0 amide bonds. The molecule has 2 aromatic rings. The summed E-state index contributed by atoms with van der Waals surface area (Å²) in [4.78, 5) is 24.2. The first kappa shape index (κ1) is 22.0. The van der Waals surface area contributed by atoms with Gasteiger partial charge in [-0.1, -0.05) is 87.6 Å². The highest BCUT2D eigenvalue weighted by Crippen LogP contribution is 2.26. The van der Waals surface area contributed by atoms with Gasteiger partial charge < -0.3 is 0 Å². The van der Waals surface area contributed by atoms with Crippen molar-refractivity contribution in [3.63, 3.8) is 0 Å². The average Bonchev–Trinajstić information content (AvgIpc) is 2.68. The van der Waals surface area contributed by atoms with Gasteiger partial charge in [-0.05, 0) is 6.42 Å². The Balaban J connectivity index is 0.000000211. The molecule has 3 rings (SSSR count). The summed E-state index contributed by atoms with van der Waals surface area (Å²) < 4.78 is 21.0. The van der Waals surface area contributed by atoms with E-state index in [0.717, 1.165) is 12.8 Å². The molecule has 6 heteroatoms. The predicted octanol–water partition coefficient (Wildman–Crippen LogP) is 4.10. The Hall–Kier alpha value is -2.31. The lowest BCUT2D eigenvalue weighted by Crippen LogP contribution is -2.20. The number of hydrogen-bond acceptors (Lipinski definition) is 4. The van der Waals surface area contributed by atoms with Crippen LogP contribution < -0.4 is 5.14 Å². The minimum atomic E-state index is -3.22. The first-order valence-electron chi connectivity index (χ1n) is 9.63. The highest BCUT2D eigenvalue weighted by molar-refractivity contribution is 7.89. The summed E-state index contributed by atoms with van der Waals surface area (Å²) in [5.41, 5.74) is 2.02. The quantitative estimate of drug-likeness (QED) is 0.603. The fraction of sp³-hybridized carbons (Fsp3) is 0.364. The van der Waals surface area contributed by atoms with Crippen LogP contribution in [0.15, 0.2) is 48.5 Å². The summed E-state index contributed by atoms with van der Waals surface area (Å²) in [6, 6.07) is 13.9. The van der Waals surface area contributed by atoms with Crippen molar-refractivity contribution in [2.75, 3.05) is 5.75 Å². The maximum absolute atomic E-state index is 12.1. The van der Waals surface area contributed by atoms with E-state index in [0.29, 0.717) is 28.7 Å². The molecule has 5 nitrogen and oxygen atoms in total. The lowest BCUT2D eigenvalue weighted by Gasteiger charge is -2.16. The molecule has 0 saturated heterocycles. The smallest absolute Gasteiger partial charge is 0.209 e. The van der Waals surface area contributed by atoms with Gasteiger partial charge in [0, 0.05) is 22.3 Å². The number of carbonyl (C=O) groups is 2. The number of sulfonamides is 1. The van der Waals surface area contributed by atoms with Gasteiger partial charge in [0.25, 0.3) is 0 Å². The van der Waals surface area contributed by atoms with Gasteiger partial charge in [0.05, 0.1) is 5.75 Å². The third-order valence-corrected chi connectivity index (χ3v) is 5.47. The molecule has 2 aromatic carbocycles. The van der Waals surface area contributed by atoms with E-state index in [1.54, 1.807) is 48.5 Å². The van der Waals surface area contributed by atoms with Gasteiger partial charge in [-0.3, -0.25) is 9.59 Å². The Morgan fingerprint density at radius 1 is 0.679 bits per heavy atom. The number of fused-ring (bicyclic) bond motifs is 2. The summed E-state index contributed by atoms with van der Waals surface area (Å²) in [6.45, 7) is 2.16. The first-order valence-corrected chi connectivity index (χ1v) is 11.3. The molecule has 0 radical (unpaired) electrons. The largest absolute Gasteiger partial charge is 0.289 e. The van der Waals surface area contributed by atoms with Crippen molar-refractivity contribution in [3.05, 3.63) is 70.8 Å². The van der Waals surface area contributed by atoms with E-state index in [4.69, 9.17) is 5.14 Å². The molecule has 1 aliphatic carbocycles. The molecule has 0 unspecified atom stereocenters. The topological polar surface area (TPSA) is 94.3 Å². The van der Waals surface area contributed by atoms with Crippen LogP contribution >= 0.6 is 0 Å². The minimum absolute atomic E-state index is 0.0641. The van der Waals surface area contributed by atoms with E-state index < -0.39 is 10.0 Å². The van der Waals surface area contributed by atoms with Crippen LogP contribution in [0, 0.1) is 0 Å². The molecule has 1 aliphatic rings. The maximum Gasteiger partial charge on any atom is 0.209 e. The highest BCUT2D eigenvalue weighted by Gasteiger charge is 2.28. The molecule has 28 heavy (non-hydrogen) atoms. The molecule has 0 aliphatic heterocycles. The van der Waals surface area contributed by atoms with Crippen LogP contribution in [-0.4, -0.2) is 25.7 Å². The second-order valence-electron chi connectivity index (χ2n) is 6.88. The number of carbonyl (C=O) groups excluding carboxylic acids is 2. The van der Waals surface area contributed by atoms with Crippen LogP contribution in [0.1, 0.15) is 77.3 Å². The molecule has 2 N–H and O–H groups in total. The zero-order chi connectivity index (χ0) is 20.6. The van der Waals surface area contributed by atoms with Crippen molar-refractivity contribution in [1.82, 2.24) is 0 Å². The third-order valence-electron chi connectivity index (χ3n) is 4.62. The Morgan fingerprint density at radius 3 is 1.39 bits per heavy atom. The SMILES string of the molecule is CCCCCCCCS(N)(=O)=O.O=C1c2ccccc2C(=O)c2ccccc21. The van der Waals surface area contributed by atoms with Gasteiger partial charge in [0.1, 0.15) is 0 Å². The number of rotatable bonds is 7. The monoisotopic (exact) mass is 401 g/mol. The van der Waals surface area contributed by atoms with Crippen molar-refractivity contribution in [3.8, 4) is 0 Å². The fourth-order valence-electron chi connectivity index (χ4n) is 3.13. The lowest BCUT2D eigenvalue weighted by atomic mass is 9.84. The van der Waals surface area contributed by atoms with Gasteiger partial charge in [0.15, 0.2) is 11.6 Å². The molecule has 0 atom stereocenters. The minimum Gasteiger partial charge on any atom is -0.289 e. The summed E-state index contributed by atoms with van der Waals surface area (Å²) in [5.74, 6) is 0.00987. The van der Waals surface area contributed by atoms with Crippen molar-refractivity contribution in [2.45, 2.75) is 45.4 Å². The zero-order valence-corrected chi connectivity index (χ0v) is 17.0.